The predicted molar refractivity (Wildman–Crippen MR) is 64.3 cm³/mol. The summed E-state index contributed by atoms with van der Waals surface area (Å²) in [7, 11) is 0. The Kier molecular flexibility index (Phi) is 3.84. The van der Waals surface area contributed by atoms with E-state index in [9.17, 15) is 4.79 Å². The molecule has 0 aromatic rings. The van der Waals surface area contributed by atoms with E-state index in [-0.39, 0.29) is 11.6 Å². The minimum absolute atomic E-state index is 0.178. The first-order chi connectivity index (χ1) is 7.34. The Bertz CT molecular complexity index is 254. The summed E-state index contributed by atoms with van der Waals surface area (Å²) in [4.78, 5) is 13.9. The number of amides is 1. The molecule has 0 aromatic heterocycles. The van der Waals surface area contributed by atoms with E-state index >= 15 is 0 Å². The van der Waals surface area contributed by atoms with Gasteiger partial charge in [0.25, 0.3) is 0 Å². The van der Waals surface area contributed by atoms with Crippen LogP contribution in [0.25, 0.3) is 0 Å². The van der Waals surface area contributed by atoms with Crippen LogP contribution in [0.3, 0.4) is 0 Å². The third-order valence-corrected chi connectivity index (χ3v) is 3.25. The Balaban J connectivity index is 2.75. The number of carbonyl (C=O) groups is 1. The molecule has 0 saturated carbocycles. The molecule has 1 amide bonds. The maximum absolute atomic E-state index is 12.0. The first-order valence-electron chi connectivity index (χ1n) is 6.05. The smallest absolute Gasteiger partial charge is 0.410 e. The molecule has 0 unspecified atom stereocenters. The lowest BCUT2D eigenvalue weighted by atomic mass is 9.93. The van der Waals surface area contributed by atoms with Crippen molar-refractivity contribution in [3.05, 3.63) is 0 Å². The molecule has 0 spiro atoms. The molecule has 1 rings (SSSR count). The average Bonchev–Trinajstić information content (AvgIpc) is 2.59. The Morgan fingerprint density at radius 1 is 1.50 bits per heavy atom. The highest BCUT2D eigenvalue weighted by Gasteiger charge is 2.42. The molecule has 0 aromatic carbocycles. The fourth-order valence-corrected chi connectivity index (χ4v) is 2.26. The maximum atomic E-state index is 12.0. The van der Waals surface area contributed by atoms with Gasteiger partial charge in [0.1, 0.15) is 5.60 Å². The van der Waals surface area contributed by atoms with E-state index in [1.54, 1.807) is 0 Å². The van der Waals surface area contributed by atoms with Gasteiger partial charge < -0.3 is 15.4 Å². The van der Waals surface area contributed by atoms with Gasteiger partial charge in [0, 0.05) is 13.1 Å². The zero-order chi connectivity index (χ0) is 12.4. The minimum Gasteiger partial charge on any atom is -0.444 e. The highest BCUT2D eigenvalue weighted by atomic mass is 16.6. The molecule has 1 heterocycles. The first-order valence-corrected chi connectivity index (χ1v) is 6.05. The van der Waals surface area contributed by atoms with Gasteiger partial charge in [0.05, 0.1) is 5.54 Å². The van der Waals surface area contributed by atoms with Gasteiger partial charge in [-0.15, -0.1) is 0 Å². The van der Waals surface area contributed by atoms with Crippen LogP contribution in [-0.4, -0.2) is 35.2 Å². The molecule has 1 atom stereocenters. The fraction of sp³-hybridized carbons (Fsp3) is 0.917. The largest absolute Gasteiger partial charge is 0.444 e. The van der Waals surface area contributed by atoms with Crippen molar-refractivity contribution in [2.75, 3.05) is 13.1 Å². The summed E-state index contributed by atoms with van der Waals surface area (Å²) in [6, 6.07) is 0. The zero-order valence-corrected chi connectivity index (χ0v) is 10.9. The molecular weight excluding hydrogens is 204 g/mol. The molecule has 4 nitrogen and oxygen atoms in total. The molecule has 0 aliphatic carbocycles. The number of rotatable bonds is 2. The Labute approximate surface area is 98.1 Å². The second-order valence-corrected chi connectivity index (χ2v) is 5.52. The molecule has 0 bridgehead atoms. The van der Waals surface area contributed by atoms with Gasteiger partial charge >= 0.3 is 6.09 Å². The SMILES string of the molecule is CC[C@]1(CN)CCCN1C(=O)OC(C)(C)C. The number of hydrogen-bond acceptors (Lipinski definition) is 3. The van der Waals surface area contributed by atoms with Gasteiger partial charge in [-0.25, -0.2) is 4.79 Å². The summed E-state index contributed by atoms with van der Waals surface area (Å²) in [6.07, 6.45) is 2.67. The summed E-state index contributed by atoms with van der Waals surface area (Å²) in [5, 5.41) is 0. The van der Waals surface area contributed by atoms with Gasteiger partial charge in [0.2, 0.25) is 0 Å². The van der Waals surface area contributed by atoms with E-state index in [0.29, 0.717) is 6.54 Å². The van der Waals surface area contributed by atoms with E-state index in [1.807, 2.05) is 25.7 Å². The summed E-state index contributed by atoms with van der Waals surface area (Å²) in [5.41, 5.74) is 5.21. The summed E-state index contributed by atoms with van der Waals surface area (Å²) < 4.78 is 5.41. The number of nitrogens with two attached hydrogens (primary N) is 1. The van der Waals surface area contributed by atoms with Crippen LogP contribution in [0, 0.1) is 0 Å². The van der Waals surface area contributed by atoms with Crippen molar-refractivity contribution in [1.29, 1.82) is 0 Å². The lowest BCUT2D eigenvalue weighted by Gasteiger charge is -2.37. The first kappa shape index (κ1) is 13.3. The molecule has 0 radical (unpaired) electrons. The Morgan fingerprint density at radius 3 is 2.56 bits per heavy atom. The third-order valence-electron chi connectivity index (χ3n) is 3.25. The molecule has 1 aliphatic rings. The number of likely N-dealkylation sites (tertiary alicyclic amines) is 1. The predicted octanol–water partition coefficient (Wildman–Crippen LogP) is 2.12. The van der Waals surface area contributed by atoms with Crippen LogP contribution in [0.2, 0.25) is 0 Å². The van der Waals surface area contributed by atoms with E-state index in [2.05, 4.69) is 6.92 Å². The van der Waals surface area contributed by atoms with Crippen LogP contribution in [-0.2, 0) is 4.74 Å². The molecule has 1 fully saturated rings. The van der Waals surface area contributed by atoms with Crippen LogP contribution in [0.4, 0.5) is 4.79 Å². The topological polar surface area (TPSA) is 55.6 Å². The quantitative estimate of drug-likeness (QED) is 0.787. The van der Waals surface area contributed by atoms with Gasteiger partial charge in [-0.2, -0.15) is 0 Å². The maximum Gasteiger partial charge on any atom is 0.410 e. The Morgan fingerprint density at radius 2 is 2.12 bits per heavy atom. The molecular formula is C12H24N2O2. The van der Waals surface area contributed by atoms with Gasteiger partial charge in [-0.1, -0.05) is 6.92 Å². The molecule has 4 heteroatoms. The molecule has 2 N–H and O–H groups in total. The molecule has 16 heavy (non-hydrogen) atoms. The van der Waals surface area contributed by atoms with Crippen LogP contribution in [0.15, 0.2) is 0 Å². The average molecular weight is 228 g/mol. The number of ether oxygens (including phenoxy) is 1. The molecule has 94 valence electrons. The van der Waals surface area contributed by atoms with Crippen molar-refractivity contribution >= 4 is 6.09 Å². The van der Waals surface area contributed by atoms with Gasteiger partial charge in [-0.3, -0.25) is 0 Å². The van der Waals surface area contributed by atoms with Crippen LogP contribution < -0.4 is 5.73 Å². The summed E-state index contributed by atoms with van der Waals surface area (Å²) in [6.45, 7) is 9.02. The van der Waals surface area contributed by atoms with Crippen LogP contribution in [0.1, 0.15) is 47.0 Å². The van der Waals surface area contributed by atoms with Crippen LogP contribution in [0.5, 0.6) is 0 Å². The van der Waals surface area contributed by atoms with E-state index in [1.165, 1.54) is 0 Å². The number of hydrogen-bond donors (Lipinski definition) is 1. The zero-order valence-electron chi connectivity index (χ0n) is 10.9. The Hall–Kier alpha value is -0.770. The monoisotopic (exact) mass is 228 g/mol. The minimum atomic E-state index is -0.437. The van der Waals surface area contributed by atoms with Crippen molar-refractivity contribution in [1.82, 2.24) is 4.90 Å². The standard InChI is InChI=1S/C12H24N2O2/c1-5-12(9-13)7-6-8-14(12)10(15)16-11(2,3)4/h5-9,13H2,1-4H3/t12-/m1/s1. The normalized spacial score (nSPS) is 25.9. The van der Waals surface area contributed by atoms with Gasteiger partial charge in [0.15, 0.2) is 0 Å². The summed E-state index contributed by atoms with van der Waals surface area (Å²) in [5.74, 6) is 0. The summed E-state index contributed by atoms with van der Waals surface area (Å²) >= 11 is 0. The van der Waals surface area contributed by atoms with Crippen LogP contribution >= 0.6 is 0 Å². The third kappa shape index (κ3) is 2.67. The van der Waals surface area contributed by atoms with Crippen molar-refractivity contribution in [2.24, 2.45) is 5.73 Å². The van der Waals surface area contributed by atoms with Crippen molar-refractivity contribution < 1.29 is 9.53 Å². The molecule has 1 saturated heterocycles. The van der Waals surface area contributed by atoms with Crippen molar-refractivity contribution in [3.8, 4) is 0 Å². The fourth-order valence-electron chi connectivity index (χ4n) is 2.26. The second-order valence-electron chi connectivity index (χ2n) is 5.52. The highest BCUT2D eigenvalue weighted by Crippen LogP contribution is 2.32. The number of carbonyl (C=O) groups excluding carboxylic acids is 1. The molecule has 1 aliphatic heterocycles. The van der Waals surface area contributed by atoms with E-state index in [4.69, 9.17) is 10.5 Å². The van der Waals surface area contributed by atoms with E-state index in [0.717, 1.165) is 25.8 Å². The van der Waals surface area contributed by atoms with E-state index < -0.39 is 5.60 Å². The van der Waals surface area contributed by atoms with Crippen molar-refractivity contribution in [2.45, 2.75) is 58.1 Å². The highest BCUT2D eigenvalue weighted by molar-refractivity contribution is 5.69. The van der Waals surface area contributed by atoms with Crippen molar-refractivity contribution in [3.63, 3.8) is 0 Å². The lowest BCUT2D eigenvalue weighted by Crippen LogP contribution is -2.53. The lowest BCUT2D eigenvalue weighted by molar-refractivity contribution is 0.00844. The van der Waals surface area contributed by atoms with Gasteiger partial charge in [-0.05, 0) is 40.0 Å². The second kappa shape index (κ2) is 4.62. The number of nitrogens with zero attached hydrogens (tertiary/aromatic N) is 1.